The predicted molar refractivity (Wildman–Crippen MR) is 87.5 cm³/mol. The summed E-state index contributed by atoms with van der Waals surface area (Å²) < 4.78 is 1.64. The number of nitrogens with one attached hydrogen (secondary N) is 1. The number of halogens is 1. The first-order chi connectivity index (χ1) is 10.6. The number of anilines is 2. The standard InChI is InChI=1S/C15H18ClN5O/c1-19-14(5-6-17-19)18-15(22)21-9-7-20(8-10-21)13-4-2-3-12(16)11-13/h2-6,11H,7-10H2,1H3,(H,18,22). The molecule has 3 rings (SSSR count). The van der Waals surface area contributed by atoms with Crippen LogP contribution in [0.5, 0.6) is 0 Å². The molecule has 116 valence electrons. The molecule has 2 aromatic rings. The van der Waals surface area contributed by atoms with Crippen LogP contribution in [0.3, 0.4) is 0 Å². The number of aryl methyl sites for hydroxylation is 1. The molecule has 0 bridgehead atoms. The molecule has 0 atom stereocenters. The molecule has 0 saturated carbocycles. The average Bonchev–Trinajstić information content (AvgIpc) is 2.92. The Balaban J connectivity index is 1.57. The summed E-state index contributed by atoms with van der Waals surface area (Å²) in [5.74, 6) is 0.697. The molecule has 1 fully saturated rings. The van der Waals surface area contributed by atoms with Crippen LogP contribution in [0.15, 0.2) is 36.5 Å². The number of benzene rings is 1. The van der Waals surface area contributed by atoms with Crippen LogP contribution in [0.25, 0.3) is 0 Å². The van der Waals surface area contributed by atoms with Crippen LogP contribution in [0, 0.1) is 0 Å². The van der Waals surface area contributed by atoms with Crippen molar-refractivity contribution in [3.63, 3.8) is 0 Å². The summed E-state index contributed by atoms with van der Waals surface area (Å²) in [5, 5.41) is 7.64. The van der Waals surface area contributed by atoms with Gasteiger partial charge in [-0.1, -0.05) is 17.7 Å². The number of aromatic nitrogens is 2. The Morgan fingerprint density at radius 3 is 2.64 bits per heavy atom. The maximum absolute atomic E-state index is 12.2. The molecule has 1 aliphatic heterocycles. The van der Waals surface area contributed by atoms with E-state index in [1.54, 1.807) is 24.0 Å². The molecule has 1 N–H and O–H groups in total. The minimum Gasteiger partial charge on any atom is -0.368 e. The zero-order valence-electron chi connectivity index (χ0n) is 12.4. The molecule has 0 spiro atoms. The predicted octanol–water partition coefficient (Wildman–Crippen LogP) is 2.43. The Hall–Kier alpha value is -2.21. The van der Waals surface area contributed by atoms with Crippen LogP contribution in [0.2, 0.25) is 5.02 Å². The van der Waals surface area contributed by atoms with Gasteiger partial charge in [0.05, 0.1) is 6.20 Å². The van der Waals surface area contributed by atoms with Crippen molar-refractivity contribution in [3.05, 3.63) is 41.6 Å². The monoisotopic (exact) mass is 319 g/mol. The van der Waals surface area contributed by atoms with Crippen molar-refractivity contribution in [2.45, 2.75) is 0 Å². The van der Waals surface area contributed by atoms with Gasteiger partial charge in [-0.05, 0) is 18.2 Å². The third-order valence-electron chi connectivity index (χ3n) is 3.80. The maximum Gasteiger partial charge on any atom is 0.323 e. The van der Waals surface area contributed by atoms with Crippen LogP contribution >= 0.6 is 11.6 Å². The molecule has 1 saturated heterocycles. The van der Waals surface area contributed by atoms with E-state index in [0.29, 0.717) is 18.9 Å². The summed E-state index contributed by atoms with van der Waals surface area (Å²) in [5.41, 5.74) is 1.10. The Morgan fingerprint density at radius 2 is 2.00 bits per heavy atom. The van der Waals surface area contributed by atoms with Crippen molar-refractivity contribution >= 4 is 29.1 Å². The lowest BCUT2D eigenvalue weighted by Crippen LogP contribution is -2.50. The number of rotatable bonds is 2. The molecule has 6 nitrogen and oxygen atoms in total. The topological polar surface area (TPSA) is 53.4 Å². The fourth-order valence-electron chi connectivity index (χ4n) is 2.53. The van der Waals surface area contributed by atoms with Crippen molar-refractivity contribution < 1.29 is 4.79 Å². The normalized spacial score (nSPS) is 15.0. The first-order valence-electron chi connectivity index (χ1n) is 7.18. The lowest BCUT2D eigenvalue weighted by atomic mass is 10.2. The Kier molecular flexibility index (Phi) is 4.20. The minimum absolute atomic E-state index is 0.0886. The highest BCUT2D eigenvalue weighted by atomic mass is 35.5. The number of amides is 2. The summed E-state index contributed by atoms with van der Waals surface area (Å²) >= 11 is 6.03. The summed E-state index contributed by atoms with van der Waals surface area (Å²) in [6.07, 6.45) is 1.66. The highest BCUT2D eigenvalue weighted by molar-refractivity contribution is 6.30. The van der Waals surface area contributed by atoms with Crippen molar-refractivity contribution in [3.8, 4) is 0 Å². The number of hydrogen-bond acceptors (Lipinski definition) is 3. The van der Waals surface area contributed by atoms with E-state index in [1.165, 1.54) is 0 Å². The third kappa shape index (κ3) is 3.17. The second-order valence-corrected chi connectivity index (χ2v) is 5.66. The van der Waals surface area contributed by atoms with E-state index in [2.05, 4.69) is 15.3 Å². The SMILES string of the molecule is Cn1nccc1NC(=O)N1CCN(c2cccc(Cl)c2)CC1. The van der Waals surface area contributed by atoms with Crippen molar-refractivity contribution in [2.24, 2.45) is 7.05 Å². The minimum atomic E-state index is -0.0886. The van der Waals surface area contributed by atoms with Crippen LogP contribution in [0.4, 0.5) is 16.3 Å². The van der Waals surface area contributed by atoms with Gasteiger partial charge in [0.15, 0.2) is 0 Å². The number of nitrogens with zero attached hydrogens (tertiary/aromatic N) is 4. The molecule has 0 radical (unpaired) electrons. The molecule has 2 amide bonds. The summed E-state index contributed by atoms with van der Waals surface area (Å²) in [6.45, 7) is 2.94. The first kappa shape index (κ1) is 14.7. The summed E-state index contributed by atoms with van der Waals surface area (Å²) in [7, 11) is 1.80. The van der Waals surface area contributed by atoms with Gasteiger partial charge in [0, 0.05) is 50.0 Å². The molecule has 1 aromatic heterocycles. The number of carbonyl (C=O) groups excluding carboxylic acids is 1. The molecule has 22 heavy (non-hydrogen) atoms. The zero-order valence-corrected chi connectivity index (χ0v) is 13.1. The van der Waals surface area contributed by atoms with Crippen LogP contribution in [0.1, 0.15) is 0 Å². The van der Waals surface area contributed by atoms with Gasteiger partial charge in [-0.25, -0.2) is 4.79 Å². The van der Waals surface area contributed by atoms with Gasteiger partial charge in [0.2, 0.25) is 0 Å². The van der Waals surface area contributed by atoms with Gasteiger partial charge in [-0.3, -0.25) is 10.00 Å². The van der Waals surface area contributed by atoms with Crippen LogP contribution in [-0.4, -0.2) is 46.9 Å². The van der Waals surface area contributed by atoms with E-state index in [-0.39, 0.29) is 6.03 Å². The second kappa shape index (κ2) is 6.27. The van der Waals surface area contributed by atoms with E-state index in [0.717, 1.165) is 23.8 Å². The van der Waals surface area contributed by atoms with E-state index in [1.807, 2.05) is 29.2 Å². The fraction of sp³-hybridized carbons (Fsp3) is 0.333. The highest BCUT2D eigenvalue weighted by Crippen LogP contribution is 2.21. The van der Waals surface area contributed by atoms with Gasteiger partial charge >= 0.3 is 6.03 Å². The van der Waals surface area contributed by atoms with Gasteiger partial charge in [-0.15, -0.1) is 0 Å². The van der Waals surface area contributed by atoms with Crippen molar-refractivity contribution in [1.82, 2.24) is 14.7 Å². The van der Waals surface area contributed by atoms with E-state index in [4.69, 9.17) is 11.6 Å². The lowest BCUT2D eigenvalue weighted by Gasteiger charge is -2.36. The Morgan fingerprint density at radius 1 is 1.23 bits per heavy atom. The average molecular weight is 320 g/mol. The molecule has 1 aliphatic rings. The first-order valence-corrected chi connectivity index (χ1v) is 7.56. The largest absolute Gasteiger partial charge is 0.368 e. The van der Waals surface area contributed by atoms with Gasteiger partial charge in [0.1, 0.15) is 5.82 Å². The van der Waals surface area contributed by atoms with E-state index >= 15 is 0 Å². The van der Waals surface area contributed by atoms with Crippen molar-refractivity contribution in [1.29, 1.82) is 0 Å². The number of hydrogen-bond donors (Lipinski definition) is 1. The van der Waals surface area contributed by atoms with Gasteiger partial charge in [-0.2, -0.15) is 5.10 Å². The molecule has 0 unspecified atom stereocenters. The van der Waals surface area contributed by atoms with E-state index in [9.17, 15) is 4.79 Å². The van der Waals surface area contributed by atoms with Gasteiger partial charge in [0.25, 0.3) is 0 Å². The van der Waals surface area contributed by atoms with Gasteiger partial charge < -0.3 is 9.80 Å². The summed E-state index contributed by atoms with van der Waals surface area (Å²) in [4.78, 5) is 16.3. The smallest absolute Gasteiger partial charge is 0.323 e. The summed E-state index contributed by atoms with van der Waals surface area (Å²) in [6, 6.07) is 9.49. The molecule has 0 aliphatic carbocycles. The fourth-order valence-corrected chi connectivity index (χ4v) is 2.71. The Labute approximate surface area is 134 Å². The van der Waals surface area contributed by atoms with Crippen LogP contribution in [-0.2, 0) is 7.05 Å². The third-order valence-corrected chi connectivity index (χ3v) is 4.03. The molecule has 1 aromatic carbocycles. The van der Waals surface area contributed by atoms with Crippen molar-refractivity contribution in [2.75, 3.05) is 36.4 Å². The molecule has 7 heteroatoms. The molecule has 2 heterocycles. The van der Waals surface area contributed by atoms with Crippen LogP contribution < -0.4 is 10.2 Å². The Bertz CT molecular complexity index is 663. The zero-order chi connectivity index (χ0) is 15.5. The quantitative estimate of drug-likeness (QED) is 0.925. The number of urea groups is 1. The molecular formula is C15H18ClN5O. The lowest BCUT2D eigenvalue weighted by molar-refractivity contribution is 0.208. The van der Waals surface area contributed by atoms with E-state index < -0.39 is 0 Å². The number of carbonyl (C=O) groups is 1. The number of piperazine rings is 1. The second-order valence-electron chi connectivity index (χ2n) is 5.22. The maximum atomic E-state index is 12.2. The molecular weight excluding hydrogens is 302 g/mol. The highest BCUT2D eigenvalue weighted by Gasteiger charge is 2.21.